The van der Waals surface area contributed by atoms with Crippen LogP contribution in [0.5, 0.6) is 5.75 Å². The molecule has 0 aliphatic carbocycles. The molecule has 5 nitrogen and oxygen atoms in total. The maximum atomic E-state index is 12.3. The molecule has 108 valence electrons. The second-order valence-electron chi connectivity index (χ2n) is 4.93. The van der Waals surface area contributed by atoms with Crippen molar-refractivity contribution in [2.24, 2.45) is 0 Å². The number of hydrogen-bond acceptors (Lipinski definition) is 3. The third kappa shape index (κ3) is 3.50. The molecule has 0 bridgehead atoms. The van der Waals surface area contributed by atoms with Crippen LogP contribution in [0.2, 0.25) is 0 Å². The number of nitrogens with zero attached hydrogens (tertiary/aromatic N) is 1. The molecular formula is C14H17BrN2O3. The highest BCUT2D eigenvalue weighted by Gasteiger charge is 2.25. The first-order chi connectivity index (χ1) is 9.47. The number of aromatic hydroxyl groups is 1. The molecule has 1 aromatic rings. The summed E-state index contributed by atoms with van der Waals surface area (Å²) in [5.74, 6) is -0.232. The number of likely N-dealkylation sites (tertiary alicyclic amines) is 1. The Morgan fingerprint density at radius 3 is 2.55 bits per heavy atom. The predicted molar refractivity (Wildman–Crippen MR) is 78.5 cm³/mol. The average molecular weight is 341 g/mol. The van der Waals surface area contributed by atoms with Gasteiger partial charge in [0, 0.05) is 30.5 Å². The summed E-state index contributed by atoms with van der Waals surface area (Å²) >= 11 is 3.25. The molecule has 0 atom stereocenters. The van der Waals surface area contributed by atoms with E-state index in [1.165, 1.54) is 13.0 Å². The molecule has 2 amide bonds. The maximum absolute atomic E-state index is 12.3. The zero-order valence-corrected chi connectivity index (χ0v) is 12.8. The number of hydrogen-bond donors (Lipinski definition) is 2. The van der Waals surface area contributed by atoms with Crippen LogP contribution in [0.25, 0.3) is 0 Å². The molecule has 1 fully saturated rings. The molecule has 20 heavy (non-hydrogen) atoms. The number of piperidine rings is 1. The molecule has 1 saturated heterocycles. The lowest BCUT2D eigenvalue weighted by Gasteiger charge is -2.32. The summed E-state index contributed by atoms with van der Waals surface area (Å²) in [5.41, 5.74) is 0.311. The molecule has 6 heteroatoms. The first-order valence-electron chi connectivity index (χ1n) is 6.52. The molecule has 0 saturated carbocycles. The number of amides is 2. The first-order valence-corrected chi connectivity index (χ1v) is 7.31. The summed E-state index contributed by atoms with van der Waals surface area (Å²) in [6, 6.07) is 4.99. The average Bonchev–Trinajstić information content (AvgIpc) is 2.38. The van der Waals surface area contributed by atoms with Gasteiger partial charge in [-0.3, -0.25) is 9.59 Å². The normalized spacial score (nSPS) is 16.0. The monoisotopic (exact) mass is 340 g/mol. The quantitative estimate of drug-likeness (QED) is 0.863. The highest BCUT2D eigenvalue weighted by atomic mass is 79.9. The molecular weight excluding hydrogens is 324 g/mol. The second-order valence-corrected chi connectivity index (χ2v) is 5.84. The Morgan fingerprint density at radius 1 is 1.35 bits per heavy atom. The zero-order chi connectivity index (χ0) is 14.7. The van der Waals surface area contributed by atoms with Crippen LogP contribution in [-0.4, -0.2) is 41.0 Å². The van der Waals surface area contributed by atoms with Crippen LogP contribution in [0.15, 0.2) is 22.7 Å². The van der Waals surface area contributed by atoms with E-state index in [0.29, 0.717) is 18.7 Å². The molecule has 0 unspecified atom stereocenters. The highest BCUT2D eigenvalue weighted by molar-refractivity contribution is 9.10. The first kappa shape index (κ1) is 14.8. The van der Waals surface area contributed by atoms with Crippen molar-refractivity contribution in [2.75, 3.05) is 13.1 Å². The minimum Gasteiger partial charge on any atom is -0.507 e. The van der Waals surface area contributed by atoms with Gasteiger partial charge in [0.2, 0.25) is 5.91 Å². The van der Waals surface area contributed by atoms with Gasteiger partial charge in [-0.1, -0.05) is 15.9 Å². The van der Waals surface area contributed by atoms with Crippen molar-refractivity contribution in [3.05, 3.63) is 28.2 Å². The van der Waals surface area contributed by atoms with Gasteiger partial charge in [0.05, 0.1) is 5.56 Å². The Bertz CT molecular complexity index is 525. The highest BCUT2D eigenvalue weighted by Crippen LogP contribution is 2.24. The molecule has 0 radical (unpaired) electrons. The van der Waals surface area contributed by atoms with Crippen molar-refractivity contribution in [1.29, 1.82) is 0 Å². The van der Waals surface area contributed by atoms with Gasteiger partial charge in [0.1, 0.15) is 5.75 Å². The van der Waals surface area contributed by atoms with Crippen molar-refractivity contribution >= 4 is 27.7 Å². The van der Waals surface area contributed by atoms with E-state index in [1.807, 2.05) is 0 Å². The lowest BCUT2D eigenvalue weighted by molar-refractivity contribution is -0.119. The third-order valence-electron chi connectivity index (χ3n) is 3.38. The molecule has 1 heterocycles. The fourth-order valence-corrected chi connectivity index (χ4v) is 2.72. The van der Waals surface area contributed by atoms with Crippen LogP contribution < -0.4 is 5.32 Å². The minimum atomic E-state index is -0.170. The molecule has 1 aromatic carbocycles. The lowest BCUT2D eigenvalue weighted by Crippen LogP contribution is -2.46. The van der Waals surface area contributed by atoms with E-state index in [9.17, 15) is 14.7 Å². The van der Waals surface area contributed by atoms with E-state index in [2.05, 4.69) is 21.2 Å². The van der Waals surface area contributed by atoms with Gasteiger partial charge < -0.3 is 15.3 Å². The van der Waals surface area contributed by atoms with E-state index in [4.69, 9.17) is 0 Å². The van der Waals surface area contributed by atoms with E-state index in [-0.39, 0.29) is 23.6 Å². The van der Waals surface area contributed by atoms with Crippen molar-refractivity contribution in [3.8, 4) is 5.75 Å². The van der Waals surface area contributed by atoms with Gasteiger partial charge in [-0.2, -0.15) is 0 Å². The predicted octanol–water partition coefficient (Wildman–Crippen LogP) is 1.90. The Kier molecular flexibility index (Phi) is 4.65. The van der Waals surface area contributed by atoms with Gasteiger partial charge in [-0.15, -0.1) is 0 Å². The number of halogens is 1. The number of nitrogens with one attached hydrogen (secondary N) is 1. The molecule has 0 aromatic heterocycles. The summed E-state index contributed by atoms with van der Waals surface area (Å²) in [5, 5.41) is 12.7. The summed E-state index contributed by atoms with van der Waals surface area (Å²) < 4.78 is 0.732. The summed E-state index contributed by atoms with van der Waals surface area (Å²) in [4.78, 5) is 25.0. The molecule has 2 rings (SSSR count). The SMILES string of the molecule is CC(=O)NC1CCN(C(=O)c2ccc(Br)cc2O)CC1. The van der Waals surface area contributed by atoms with E-state index >= 15 is 0 Å². The summed E-state index contributed by atoms with van der Waals surface area (Å²) in [7, 11) is 0. The van der Waals surface area contributed by atoms with Gasteiger partial charge in [-0.05, 0) is 31.0 Å². The largest absolute Gasteiger partial charge is 0.507 e. The summed E-state index contributed by atoms with van der Waals surface area (Å²) in [6.07, 6.45) is 1.48. The number of phenolic OH excluding ortho intramolecular Hbond substituents is 1. The van der Waals surface area contributed by atoms with Crippen LogP contribution in [0.3, 0.4) is 0 Å². The van der Waals surface area contributed by atoms with Gasteiger partial charge in [0.15, 0.2) is 0 Å². The van der Waals surface area contributed by atoms with Crippen LogP contribution in [-0.2, 0) is 4.79 Å². The topological polar surface area (TPSA) is 69.6 Å². The standard InChI is InChI=1S/C14H17BrN2O3/c1-9(18)16-11-4-6-17(7-5-11)14(20)12-3-2-10(15)8-13(12)19/h2-3,8,11,19H,4-7H2,1H3,(H,16,18). The maximum Gasteiger partial charge on any atom is 0.257 e. The number of benzene rings is 1. The van der Waals surface area contributed by atoms with Crippen LogP contribution in [0.4, 0.5) is 0 Å². The Labute approximate surface area is 126 Å². The fraction of sp³-hybridized carbons (Fsp3) is 0.429. The van der Waals surface area contributed by atoms with Crippen molar-refractivity contribution in [3.63, 3.8) is 0 Å². The fourth-order valence-electron chi connectivity index (χ4n) is 2.37. The third-order valence-corrected chi connectivity index (χ3v) is 3.87. The van der Waals surface area contributed by atoms with Gasteiger partial charge in [0.25, 0.3) is 5.91 Å². The van der Waals surface area contributed by atoms with Crippen LogP contribution in [0, 0.1) is 0 Å². The van der Waals surface area contributed by atoms with Crippen LogP contribution >= 0.6 is 15.9 Å². The zero-order valence-electron chi connectivity index (χ0n) is 11.2. The number of carbonyl (C=O) groups is 2. The Balaban J connectivity index is 1.99. The van der Waals surface area contributed by atoms with Crippen LogP contribution in [0.1, 0.15) is 30.1 Å². The van der Waals surface area contributed by atoms with Crippen molar-refractivity contribution < 1.29 is 14.7 Å². The number of rotatable bonds is 2. The molecule has 0 spiro atoms. The van der Waals surface area contributed by atoms with E-state index in [1.54, 1.807) is 17.0 Å². The number of carbonyl (C=O) groups excluding carboxylic acids is 2. The lowest BCUT2D eigenvalue weighted by atomic mass is 10.0. The van der Waals surface area contributed by atoms with Crippen molar-refractivity contribution in [1.82, 2.24) is 10.2 Å². The molecule has 1 aliphatic heterocycles. The van der Waals surface area contributed by atoms with E-state index in [0.717, 1.165) is 17.3 Å². The smallest absolute Gasteiger partial charge is 0.257 e. The number of phenols is 1. The summed E-state index contributed by atoms with van der Waals surface area (Å²) in [6.45, 7) is 2.66. The molecule has 1 aliphatic rings. The Morgan fingerprint density at radius 2 is 2.00 bits per heavy atom. The van der Waals surface area contributed by atoms with Crippen molar-refractivity contribution in [2.45, 2.75) is 25.8 Å². The van der Waals surface area contributed by atoms with Gasteiger partial charge >= 0.3 is 0 Å². The van der Waals surface area contributed by atoms with Gasteiger partial charge in [-0.25, -0.2) is 0 Å². The molecule has 2 N–H and O–H groups in total. The second kappa shape index (κ2) is 6.26. The Hall–Kier alpha value is -1.56. The van der Waals surface area contributed by atoms with E-state index < -0.39 is 0 Å². The minimum absolute atomic E-state index is 0.0200.